The van der Waals surface area contributed by atoms with Crippen molar-refractivity contribution in [3.05, 3.63) is 163 Å². The first-order chi connectivity index (χ1) is 44.2. The maximum atomic E-state index is 13.4. The number of aromatic nitrogens is 8. The van der Waals surface area contributed by atoms with Crippen molar-refractivity contribution in [3.63, 3.8) is 0 Å². The number of nitrogens with one attached hydrogen (secondary N) is 9. The Kier molecular flexibility index (Phi) is 23.3. The van der Waals surface area contributed by atoms with Gasteiger partial charge >= 0.3 is 202 Å². The number of nitrogens with zero attached hydrogens (tertiary/aromatic N) is 9. The number of imidazole rings is 3. The minimum Gasteiger partial charge on any atom is -0.344 e. The number of aryl methyl sites for hydroxylation is 5. The molecule has 0 aliphatic rings. The van der Waals surface area contributed by atoms with E-state index in [1.807, 2.05) is 37.2 Å². The summed E-state index contributed by atoms with van der Waals surface area (Å²) in [5.74, 6) is -4.24. The van der Waals surface area contributed by atoms with Crippen LogP contribution < -0.4 is 63.8 Å². The van der Waals surface area contributed by atoms with Gasteiger partial charge < -0.3 is 65.0 Å². The molecule has 5 heterocycles. The number of unbranched alkanes of at least 4 members (excludes halogenated alkanes) is 1. The maximum absolute atomic E-state index is 13.4. The molecule has 0 aliphatic carbocycles. The molecule has 9 amide bonds. The number of carbonyl (C=O) groups excluding carboxylic acids is 9. The van der Waals surface area contributed by atoms with Crippen molar-refractivity contribution >= 4 is 105 Å². The van der Waals surface area contributed by atoms with E-state index in [1.165, 1.54) is 64.9 Å². The van der Waals surface area contributed by atoms with Gasteiger partial charge in [-0.05, 0) is 39.2 Å². The number of hydrogen-bond donors (Lipinski definition) is 9. The van der Waals surface area contributed by atoms with Crippen LogP contribution in [0.4, 0.5) is 28.8 Å². The zero-order chi connectivity index (χ0) is 65.9. The van der Waals surface area contributed by atoms with E-state index < -0.39 is 48.6 Å². The summed E-state index contributed by atoms with van der Waals surface area (Å²) in [6.07, 6.45) is 10.9. The Balaban J connectivity index is 0.732. The zero-order valence-electron chi connectivity index (χ0n) is 52.6. The van der Waals surface area contributed by atoms with Crippen molar-refractivity contribution in [1.29, 1.82) is 0 Å². The van der Waals surface area contributed by atoms with Crippen molar-refractivity contribution in [1.82, 2.24) is 64.0 Å². The van der Waals surface area contributed by atoms with Gasteiger partial charge in [0.05, 0.1) is 11.4 Å². The molecule has 3 aromatic carbocycles. The molecule has 5 aromatic heterocycles. The van der Waals surface area contributed by atoms with E-state index in [0.29, 0.717) is 30.8 Å². The molecule has 27 nitrogen and oxygen atoms in total. The molecule has 0 bridgehead atoms. The summed E-state index contributed by atoms with van der Waals surface area (Å²) in [7, 11) is 9.43. The van der Waals surface area contributed by atoms with Crippen LogP contribution in [-0.4, -0.2) is 149 Å². The molecule has 8 aromatic rings. The van der Waals surface area contributed by atoms with E-state index in [2.05, 4.69) is 136 Å². The number of hydrogen-bond acceptors (Lipinski definition) is 13. The molecule has 0 saturated carbocycles. The Bertz CT molecular complexity index is 3830. The van der Waals surface area contributed by atoms with Crippen molar-refractivity contribution in [3.8, 4) is 0 Å². The fraction of sp³-hybridized carbons (Fsp3) is 0.312. The monoisotopic (exact) mass is 1270 g/mol. The number of amides is 9. The van der Waals surface area contributed by atoms with Crippen LogP contribution in [0, 0.1) is 0 Å². The smallest absolute Gasteiger partial charge is 0.344 e. The average Bonchev–Trinajstić information content (AvgIpc) is 0.935. The second kappa shape index (κ2) is 31.8. The fourth-order valence-electron chi connectivity index (χ4n) is 10.5. The number of rotatable bonds is 31. The summed E-state index contributed by atoms with van der Waals surface area (Å²) in [6, 6.07) is 34.9. The normalized spacial score (nSPS) is 11.3. The summed E-state index contributed by atoms with van der Waals surface area (Å²) in [4.78, 5) is 132. The summed E-state index contributed by atoms with van der Waals surface area (Å²) in [5, 5.41) is 28.4. The van der Waals surface area contributed by atoms with Crippen molar-refractivity contribution in [2.45, 2.75) is 44.9 Å². The van der Waals surface area contributed by atoms with Gasteiger partial charge in [-0.2, -0.15) is 0 Å². The van der Waals surface area contributed by atoms with Gasteiger partial charge in [0.25, 0.3) is 29.5 Å². The number of benzene rings is 3. The molecular weight excluding hydrogens is 1200 g/mol. The molecule has 28 heteroatoms. The summed E-state index contributed by atoms with van der Waals surface area (Å²) in [5.41, 5.74) is 1.15. The van der Waals surface area contributed by atoms with Gasteiger partial charge in [0, 0.05) is 92.5 Å². The molecule has 8 rings (SSSR count). The molecule has 0 fully saturated rings. The Labute approximate surface area is 532 Å². The summed E-state index contributed by atoms with van der Waals surface area (Å²) < 4.78 is 7.25. The van der Waals surface area contributed by atoms with Gasteiger partial charge in [-0.1, -0.05) is 0 Å². The minimum atomic E-state index is -2.42. The average molecular weight is 1280 g/mol. The number of carbonyl (C=O) groups is 9. The number of anilines is 5. The van der Waals surface area contributed by atoms with Crippen LogP contribution in [0.3, 0.4) is 0 Å². The van der Waals surface area contributed by atoms with E-state index in [0.717, 1.165) is 25.5 Å². The Morgan fingerprint density at radius 3 is 1.29 bits per heavy atom. The standard InChI is InChI=1S/C64H79N18O9P/c1-77(2)34-19-30-65-54(84)27-32-67-60(87)48-37-44(39-78(48)3)70-61(88)49-36-43(38-79(49)4)69-55(85)29-33-68-62(89)57-73-51(41-80(57)5)75-64(91)59-74-52(42-82(59)7)76-63(90)58-72-50(40-81(58)6)71-56(86)28-31-66-53(83)26-17-18-35-92(45-20-11-8-12-21-45,46-22-13-9-14-23-46)47-24-15-10-16-25-47/h8-16,20-25,36-42,92H,17-19,26-35H2,1-7H3,(H,65,84)(H,66,83)(H,67,87)(H,68,89)(H,69,85)(H,70,88)(H,71,86)(H,75,91)(H,76,90). The molecule has 0 aliphatic heterocycles. The molecule has 484 valence electrons. The predicted octanol–water partition coefficient (Wildman–Crippen LogP) is 3.61. The third-order valence-electron chi connectivity index (χ3n) is 15.1. The second-order valence-corrected chi connectivity index (χ2v) is 26.5. The van der Waals surface area contributed by atoms with Crippen LogP contribution in [0.15, 0.2) is 134 Å². The van der Waals surface area contributed by atoms with Crippen molar-refractivity contribution < 1.29 is 43.2 Å². The van der Waals surface area contributed by atoms with E-state index >= 15 is 0 Å². The van der Waals surface area contributed by atoms with Gasteiger partial charge in [-0.25, -0.2) is 9.97 Å². The Hall–Kier alpha value is -10.5. The SMILES string of the molecule is CN(C)CCCNC(=O)CCNC(=O)c1cc(NC(=O)c2cc(NC(=O)CCNC(=O)c3nc(NC(=O)c4nc(NC(=O)c5nc(NC(=O)CCNC(=O)CCCC[PH](c6ccccc6)(c6ccccc6)c6ccccc6)cn5C)cn4C)cn3C)cn2C)cn1C. The third-order valence-corrected chi connectivity index (χ3v) is 20.1. The molecule has 0 radical (unpaired) electrons. The van der Waals surface area contributed by atoms with Crippen LogP contribution in [0.5, 0.6) is 0 Å². The van der Waals surface area contributed by atoms with Crippen LogP contribution in [0.1, 0.15) is 97.8 Å². The van der Waals surface area contributed by atoms with E-state index in [-0.39, 0.29) is 97.0 Å². The van der Waals surface area contributed by atoms with Crippen LogP contribution in [0.2, 0.25) is 0 Å². The van der Waals surface area contributed by atoms with Gasteiger partial charge in [0.15, 0.2) is 11.6 Å². The Morgan fingerprint density at radius 2 is 0.793 bits per heavy atom. The summed E-state index contributed by atoms with van der Waals surface area (Å²) in [6.45, 7) is 1.54. The van der Waals surface area contributed by atoms with E-state index in [1.54, 1.807) is 52.2 Å². The van der Waals surface area contributed by atoms with Gasteiger partial charge in [-0.3, -0.25) is 33.6 Å². The first-order valence-corrected chi connectivity index (χ1v) is 32.3. The van der Waals surface area contributed by atoms with Crippen molar-refractivity contribution in [2.75, 3.05) is 79.6 Å². The molecule has 0 spiro atoms. The topological polar surface area (TPSA) is 328 Å². The van der Waals surface area contributed by atoms with E-state index in [9.17, 15) is 43.2 Å². The molecule has 9 N–H and O–H groups in total. The Morgan fingerprint density at radius 1 is 0.391 bits per heavy atom. The van der Waals surface area contributed by atoms with Crippen LogP contribution in [0.25, 0.3) is 0 Å². The predicted molar refractivity (Wildman–Crippen MR) is 355 cm³/mol. The zero-order valence-corrected chi connectivity index (χ0v) is 53.6. The molecule has 0 saturated heterocycles. The summed E-state index contributed by atoms with van der Waals surface area (Å²) >= 11 is 0. The molecular formula is C64H79N18O9P. The van der Waals surface area contributed by atoms with Gasteiger partial charge in [0.1, 0.15) is 11.4 Å². The molecule has 0 atom stereocenters. The van der Waals surface area contributed by atoms with Crippen molar-refractivity contribution in [2.24, 2.45) is 35.2 Å². The minimum absolute atomic E-state index is 0.0155. The quantitative estimate of drug-likeness (QED) is 0.0222. The second-order valence-electron chi connectivity index (χ2n) is 22.4. The third kappa shape index (κ3) is 18.1. The van der Waals surface area contributed by atoms with E-state index in [4.69, 9.17) is 0 Å². The van der Waals surface area contributed by atoms with Crippen LogP contribution >= 0.6 is 7.26 Å². The molecule has 0 unspecified atom stereocenters. The fourth-order valence-corrected chi connectivity index (χ4v) is 15.5. The van der Waals surface area contributed by atoms with Gasteiger partial charge in [0.2, 0.25) is 29.3 Å². The first kappa shape index (κ1) is 67.4. The van der Waals surface area contributed by atoms with Crippen LogP contribution in [-0.2, 0) is 54.4 Å². The van der Waals surface area contributed by atoms with Gasteiger partial charge in [-0.15, -0.1) is 0 Å². The molecule has 92 heavy (non-hydrogen) atoms. The first-order valence-electron chi connectivity index (χ1n) is 30.0.